The molecule has 0 spiro atoms. The fourth-order valence-electron chi connectivity index (χ4n) is 2.35. The number of hydrogen-bond acceptors (Lipinski definition) is 3. The fraction of sp³-hybridized carbons (Fsp3) is 0.529. The average Bonchev–Trinajstić information content (AvgIpc) is 2.48. The SMILES string of the molecule is CNC(CCCNC(N)=O)C(=O)Nc1ccc(CC(C)C)cc1. The van der Waals surface area contributed by atoms with E-state index in [2.05, 4.69) is 29.8 Å². The zero-order chi connectivity index (χ0) is 17.2. The molecule has 128 valence electrons. The highest BCUT2D eigenvalue weighted by molar-refractivity contribution is 5.94. The van der Waals surface area contributed by atoms with Gasteiger partial charge in [0.25, 0.3) is 0 Å². The molecule has 0 aliphatic heterocycles. The van der Waals surface area contributed by atoms with Gasteiger partial charge in [-0.25, -0.2) is 4.79 Å². The van der Waals surface area contributed by atoms with Gasteiger partial charge in [-0.2, -0.15) is 0 Å². The zero-order valence-electron chi connectivity index (χ0n) is 14.2. The van der Waals surface area contributed by atoms with Gasteiger partial charge in [-0.05, 0) is 49.9 Å². The molecule has 1 unspecified atom stereocenters. The molecule has 6 heteroatoms. The largest absolute Gasteiger partial charge is 0.352 e. The van der Waals surface area contributed by atoms with E-state index in [9.17, 15) is 9.59 Å². The van der Waals surface area contributed by atoms with Gasteiger partial charge in [0.1, 0.15) is 0 Å². The normalized spacial score (nSPS) is 12.0. The highest BCUT2D eigenvalue weighted by Gasteiger charge is 2.16. The summed E-state index contributed by atoms with van der Waals surface area (Å²) in [5.41, 5.74) is 7.06. The van der Waals surface area contributed by atoms with Gasteiger partial charge in [0.15, 0.2) is 0 Å². The average molecular weight is 320 g/mol. The molecule has 0 bridgehead atoms. The molecular formula is C17H28N4O2. The molecule has 1 aromatic carbocycles. The molecule has 0 aromatic heterocycles. The van der Waals surface area contributed by atoms with Crippen LogP contribution >= 0.6 is 0 Å². The fourth-order valence-corrected chi connectivity index (χ4v) is 2.35. The standard InChI is InChI=1S/C17H28N4O2/c1-12(2)11-13-6-8-14(9-7-13)21-16(22)15(19-3)5-4-10-20-17(18)23/h6-9,12,15,19H,4-5,10-11H2,1-3H3,(H,21,22)(H3,18,20,23). The summed E-state index contributed by atoms with van der Waals surface area (Å²) in [6.07, 6.45) is 2.32. The molecule has 0 aliphatic carbocycles. The maximum atomic E-state index is 12.2. The van der Waals surface area contributed by atoms with Crippen LogP contribution in [0.3, 0.4) is 0 Å². The quantitative estimate of drug-likeness (QED) is 0.523. The summed E-state index contributed by atoms with van der Waals surface area (Å²) in [5, 5.41) is 8.42. The number of hydrogen-bond donors (Lipinski definition) is 4. The Morgan fingerprint density at radius 1 is 1.17 bits per heavy atom. The predicted molar refractivity (Wildman–Crippen MR) is 93.3 cm³/mol. The van der Waals surface area contributed by atoms with Crippen molar-refractivity contribution in [1.82, 2.24) is 10.6 Å². The number of amides is 3. The number of likely N-dealkylation sites (N-methyl/N-ethyl adjacent to an activating group) is 1. The number of benzene rings is 1. The van der Waals surface area contributed by atoms with Crippen molar-refractivity contribution in [2.45, 2.75) is 39.2 Å². The Bertz CT molecular complexity index is 500. The summed E-state index contributed by atoms with van der Waals surface area (Å²) < 4.78 is 0. The molecule has 1 atom stereocenters. The number of nitrogens with two attached hydrogens (primary N) is 1. The van der Waals surface area contributed by atoms with E-state index in [1.54, 1.807) is 7.05 Å². The summed E-state index contributed by atoms with van der Waals surface area (Å²) in [5.74, 6) is 0.529. The lowest BCUT2D eigenvalue weighted by Gasteiger charge is -2.16. The summed E-state index contributed by atoms with van der Waals surface area (Å²) in [6.45, 7) is 4.82. The van der Waals surface area contributed by atoms with Gasteiger partial charge in [-0.3, -0.25) is 4.79 Å². The van der Waals surface area contributed by atoms with Crippen LogP contribution in [0.1, 0.15) is 32.3 Å². The first-order chi connectivity index (χ1) is 10.9. The van der Waals surface area contributed by atoms with Gasteiger partial charge in [-0.15, -0.1) is 0 Å². The molecule has 1 rings (SSSR count). The first-order valence-electron chi connectivity index (χ1n) is 8.02. The Morgan fingerprint density at radius 3 is 2.35 bits per heavy atom. The molecule has 3 amide bonds. The van der Waals surface area contributed by atoms with E-state index in [1.165, 1.54) is 5.56 Å². The molecule has 0 aliphatic rings. The maximum absolute atomic E-state index is 12.2. The van der Waals surface area contributed by atoms with E-state index < -0.39 is 6.03 Å². The van der Waals surface area contributed by atoms with Crippen LogP contribution in [-0.2, 0) is 11.2 Å². The van der Waals surface area contributed by atoms with E-state index in [4.69, 9.17) is 5.73 Å². The number of primary amides is 1. The lowest BCUT2D eigenvalue weighted by molar-refractivity contribution is -0.118. The Balaban J connectivity index is 2.47. The summed E-state index contributed by atoms with van der Waals surface area (Å²) >= 11 is 0. The monoisotopic (exact) mass is 320 g/mol. The van der Waals surface area contributed by atoms with Crippen LogP contribution in [0.2, 0.25) is 0 Å². The van der Waals surface area contributed by atoms with Crippen molar-refractivity contribution < 1.29 is 9.59 Å². The Morgan fingerprint density at radius 2 is 1.83 bits per heavy atom. The minimum Gasteiger partial charge on any atom is -0.352 e. The molecule has 6 nitrogen and oxygen atoms in total. The lowest BCUT2D eigenvalue weighted by Crippen LogP contribution is -2.39. The topological polar surface area (TPSA) is 96.2 Å². The van der Waals surface area contributed by atoms with Gasteiger partial charge in [-0.1, -0.05) is 26.0 Å². The van der Waals surface area contributed by atoms with Gasteiger partial charge in [0.2, 0.25) is 5.91 Å². The van der Waals surface area contributed by atoms with E-state index in [0.29, 0.717) is 25.3 Å². The number of nitrogens with one attached hydrogen (secondary N) is 3. The molecule has 0 heterocycles. The van der Waals surface area contributed by atoms with E-state index in [1.807, 2.05) is 24.3 Å². The second-order valence-corrected chi connectivity index (χ2v) is 6.06. The van der Waals surface area contributed by atoms with Crippen molar-refractivity contribution in [3.63, 3.8) is 0 Å². The minimum absolute atomic E-state index is 0.0804. The van der Waals surface area contributed by atoms with Crippen LogP contribution in [-0.4, -0.2) is 31.6 Å². The molecule has 5 N–H and O–H groups in total. The molecule has 0 fully saturated rings. The van der Waals surface area contributed by atoms with E-state index >= 15 is 0 Å². The second-order valence-electron chi connectivity index (χ2n) is 6.06. The van der Waals surface area contributed by atoms with E-state index in [-0.39, 0.29) is 11.9 Å². The Hall–Kier alpha value is -2.08. The third kappa shape index (κ3) is 7.65. The van der Waals surface area contributed by atoms with Crippen LogP contribution in [0.5, 0.6) is 0 Å². The highest BCUT2D eigenvalue weighted by atomic mass is 16.2. The van der Waals surface area contributed by atoms with Crippen LogP contribution in [0, 0.1) is 5.92 Å². The molecule has 0 saturated heterocycles. The zero-order valence-corrected chi connectivity index (χ0v) is 14.2. The van der Waals surface area contributed by atoms with Crippen LogP contribution in [0.25, 0.3) is 0 Å². The lowest BCUT2D eigenvalue weighted by atomic mass is 10.0. The van der Waals surface area contributed by atoms with Crippen LogP contribution in [0.15, 0.2) is 24.3 Å². The summed E-state index contributed by atoms with van der Waals surface area (Å²) in [6, 6.07) is 7.09. The molecular weight excluding hydrogens is 292 g/mol. The van der Waals surface area contributed by atoms with Gasteiger partial charge >= 0.3 is 6.03 Å². The third-order valence-electron chi connectivity index (χ3n) is 3.50. The van der Waals surface area contributed by atoms with Gasteiger partial charge in [0.05, 0.1) is 6.04 Å². The van der Waals surface area contributed by atoms with Crippen molar-refractivity contribution in [3.05, 3.63) is 29.8 Å². The predicted octanol–water partition coefficient (Wildman–Crippen LogP) is 1.86. The van der Waals surface area contributed by atoms with E-state index in [0.717, 1.165) is 12.1 Å². The van der Waals surface area contributed by atoms with Crippen molar-refractivity contribution in [1.29, 1.82) is 0 Å². The van der Waals surface area contributed by atoms with Crippen molar-refractivity contribution in [2.24, 2.45) is 11.7 Å². The van der Waals surface area contributed by atoms with Crippen molar-refractivity contribution >= 4 is 17.6 Å². The first-order valence-corrected chi connectivity index (χ1v) is 8.02. The Kier molecular flexibility index (Phi) is 8.11. The maximum Gasteiger partial charge on any atom is 0.312 e. The number of carbonyl (C=O) groups excluding carboxylic acids is 2. The molecule has 23 heavy (non-hydrogen) atoms. The van der Waals surface area contributed by atoms with Crippen molar-refractivity contribution in [2.75, 3.05) is 18.9 Å². The molecule has 1 aromatic rings. The Labute approximate surface area is 138 Å². The van der Waals surface area contributed by atoms with Crippen molar-refractivity contribution in [3.8, 4) is 0 Å². The summed E-state index contributed by atoms with van der Waals surface area (Å²) in [4.78, 5) is 22.8. The first kappa shape index (κ1) is 19.0. The number of carbonyl (C=O) groups is 2. The smallest absolute Gasteiger partial charge is 0.312 e. The third-order valence-corrected chi connectivity index (χ3v) is 3.50. The van der Waals surface area contributed by atoms with Crippen LogP contribution in [0.4, 0.5) is 10.5 Å². The van der Waals surface area contributed by atoms with Gasteiger partial charge < -0.3 is 21.7 Å². The minimum atomic E-state index is -0.544. The van der Waals surface area contributed by atoms with Crippen LogP contribution < -0.4 is 21.7 Å². The second kappa shape index (κ2) is 9.84. The summed E-state index contributed by atoms with van der Waals surface area (Å²) in [7, 11) is 1.75. The number of anilines is 1. The number of rotatable bonds is 9. The van der Waals surface area contributed by atoms with Gasteiger partial charge in [0, 0.05) is 12.2 Å². The highest BCUT2D eigenvalue weighted by Crippen LogP contribution is 2.13. The molecule has 0 radical (unpaired) electrons. The number of urea groups is 1. The molecule has 0 saturated carbocycles.